The van der Waals surface area contributed by atoms with Crippen LogP contribution < -0.4 is 15.8 Å². The molecular weight excluding hydrogens is 326 g/mol. The Labute approximate surface area is 155 Å². The van der Waals surface area contributed by atoms with Crippen LogP contribution in [0, 0.1) is 5.41 Å². The number of hydrogen-bond acceptors (Lipinski definition) is 4. The van der Waals surface area contributed by atoms with Gasteiger partial charge in [-0.3, -0.25) is 9.78 Å². The van der Waals surface area contributed by atoms with Crippen LogP contribution in [0.3, 0.4) is 0 Å². The van der Waals surface area contributed by atoms with E-state index in [0.29, 0.717) is 26.1 Å². The standard InChI is InChI=1S/C21H29N3O2/c22-16-21(10-2-1-3-11-21)15-19(25)23-13-6-14-26-18-9-4-7-17-8-5-12-24-20(17)18/h4-5,7-9,12H,1-3,6,10-11,13-16,22H2,(H,23,25). The molecule has 0 aliphatic heterocycles. The molecule has 3 N–H and O–H groups in total. The molecule has 1 fully saturated rings. The second-order valence-electron chi connectivity index (χ2n) is 7.32. The van der Waals surface area contributed by atoms with E-state index in [2.05, 4.69) is 10.3 Å². The first-order valence-corrected chi connectivity index (χ1v) is 9.66. The van der Waals surface area contributed by atoms with Gasteiger partial charge >= 0.3 is 0 Å². The highest BCUT2D eigenvalue weighted by molar-refractivity contribution is 5.84. The van der Waals surface area contributed by atoms with Crippen molar-refractivity contribution in [1.82, 2.24) is 10.3 Å². The Morgan fingerprint density at radius 2 is 2.00 bits per heavy atom. The summed E-state index contributed by atoms with van der Waals surface area (Å²) in [6, 6.07) is 9.86. The summed E-state index contributed by atoms with van der Waals surface area (Å²) in [7, 11) is 0. The Bertz CT molecular complexity index is 721. The number of pyridine rings is 1. The molecule has 1 saturated carbocycles. The Kier molecular flexibility index (Phi) is 6.45. The lowest BCUT2D eigenvalue weighted by Crippen LogP contribution is -2.39. The average molecular weight is 355 g/mol. The molecule has 26 heavy (non-hydrogen) atoms. The van der Waals surface area contributed by atoms with Crippen molar-refractivity contribution in [3.63, 3.8) is 0 Å². The fraction of sp³-hybridized carbons (Fsp3) is 0.524. The van der Waals surface area contributed by atoms with Gasteiger partial charge in [0.2, 0.25) is 5.91 Å². The molecule has 1 heterocycles. The van der Waals surface area contributed by atoms with E-state index in [9.17, 15) is 4.79 Å². The van der Waals surface area contributed by atoms with E-state index >= 15 is 0 Å². The number of benzene rings is 1. The summed E-state index contributed by atoms with van der Waals surface area (Å²) >= 11 is 0. The number of para-hydroxylation sites is 1. The number of ether oxygens (including phenoxy) is 1. The van der Waals surface area contributed by atoms with Crippen LogP contribution in [0.2, 0.25) is 0 Å². The summed E-state index contributed by atoms with van der Waals surface area (Å²) in [6.45, 7) is 1.79. The molecule has 3 rings (SSSR count). The summed E-state index contributed by atoms with van der Waals surface area (Å²) in [4.78, 5) is 16.6. The van der Waals surface area contributed by atoms with Crippen LogP contribution >= 0.6 is 0 Å². The zero-order chi connectivity index (χ0) is 18.2. The highest BCUT2D eigenvalue weighted by atomic mass is 16.5. The van der Waals surface area contributed by atoms with Gasteiger partial charge in [-0.15, -0.1) is 0 Å². The first kappa shape index (κ1) is 18.6. The van der Waals surface area contributed by atoms with E-state index in [1.54, 1.807) is 6.20 Å². The number of nitrogens with one attached hydrogen (secondary N) is 1. The lowest BCUT2D eigenvalue weighted by atomic mass is 9.71. The summed E-state index contributed by atoms with van der Waals surface area (Å²) < 4.78 is 5.86. The van der Waals surface area contributed by atoms with Gasteiger partial charge in [0, 0.05) is 24.5 Å². The minimum absolute atomic E-state index is 0.0213. The molecule has 1 aliphatic carbocycles. The van der Waals surface area contributed by atoms with Crippen molar-refractivity contribution < 1.29 is 9.53 Å². The van der Waals surface area contributed by atoms with E-state index in [1.807, 2.05) is 30.3 Å². The highest BCUT2D eigenvalue weighted by Crippen LogP contribution is 2.38. The molecule has 1 aliphatic rings. The molecule has 5 heteroatoms. The number of carbonyl (C=O) groups excluding carboxylic acids is 1. The number of carbonyl (C=O) groups is 1. The molecule has 2 aromatic rings. The summed E-state index contributed by atoms with van der Waals surface area (Å²) in [5, 5.41) is 4.09. The Morgan fingerprint density at radius 3 is 2.81 bits per heavy atom. The minimum Gasteiger partial charge on any atom is -0.491 e. The zero-order valence-corrected chi connectivity index (χ0v) is 15.4. The summed E-state index contributed by atoms with van der Waals surface area (Å²) in [5.74, 6) is 0.905. The van der Waals surface area contributed by atoms with Gasteiger partial charge in [0.25, 0.3) is 0 Å². The van der Waals surface area contributed by atoms with Gasteiger partial charge in [0.05, 0.1) is 6.61 Å². The number of fused-ring (bicyclic) bond motifs is 1. The maximum atomic E-state index is 12.3. The van der Waals surface area contributed by atoms with Crippen LogP contribution in [0.4, 0.5) is 0 Å². The molecule has 1 amide bonds. The maximum absolute atomic E-state index is 12.3. The molecule has 0 saturated heterocycles. The predicted octanol–water partition coefficient (Wildman–Crippen LogP) is 3.42. The number of rotatable bonds is 8. The van der Waals surface area contributed by atoms with E-state index in [1.165, 1.54) is 19.3 Å². The van der Waals surface area contributed by atoms with E-state index in [4.69, 9.17) is 10.5 Å². The lowest BCUT2D eigenvalue weighted by molar-refractivity contribution is -0.123. The first-order valence-electron chi connectivity index (χ1n) is 9.66. The SMILES string of the molecule is NCC1(CC(=O)NCCCOc2cccc3cccnc23)CCCCC1. The topological polar surface area (TPSA) is 77.2 Å². The van der Waals surface area contributed by atoms with Crippen molar-refractivity contribution in [3.8, 4) is 5.75 Å². The second kappa shape index (κ2) is 8.99. The van der Waals surface area contributed by atoms with Gasteiger partial charge in [-0.1, -0.05) is 37.5 Å². The predicted molar refractivity (Wildman–Crippen MR) is 104 cm³/mol. The van der Waals surface area contributed by atoms with Crippen LogP contribution in [-0.2, 0) is 4.79 Å². The van der Waals surface area contributed by atoms with Gasteiger partial charge in [0.15, 0.2) is 0 Å². The monoisotopic (exact) mass is 355 g/mol. The molecule has 1 aromatic carbocycles. The molecule has 0 radical (unpaired) electrons. The largest absolute Gasteiger partial charge is 0.491 e. The highest BCUT2D eigenvalue weighted by Gasteiger charge is 2.32. The fourth-order valence-corrected chi connectivity index (χ4v) is 3.83. The molecule has 140 valence electrons. The van der Waals surface area contributed by atoms with Gasteiger partial charge in [-0.25, -0.2) is 0 Å². The van der Waals surface area contributed by atoms with Crippen LogP contribution in [0.15, 0.2) is 36.5 Å². The number of aromatic nitrogens is 1. The van der Waals surface area contributed by atoms with Crippen molar-refractivity contribution in [2.24, 2.45) is 11.1 Å². The van der Waals surface area contributed by atoms with E-state index in [-0.39, 0.29) is 11.3 Å². The maximum Gasteiger partial charge on any atom is 0.220 e. The zero-order valence-electron chi connectivity index (χ0n) is 15.4. The molecule has 1 aromatic heterocycles. The Balaban J connectivity index is 1.40. The second-order valence-corrected chi connectivity index (χ2v) is 7.32. The van der Waals surface area contributed by atoms with Crippen molar-refractivity contribution >= 4 is 16.8 Å². The quantitative estimate of drug-likeness (QED) is 0.711. The normalized spacial score (nSPS) is 16.3. The Morgan fingerprint density at radius 1 is 1.19 bits per heavy atom. The molecule has 0 unspecified atom stereocenters. The third-order valence-corrected chi connectivity index (χ3v) is 5.38. The van der Waals surface area contributed by atoms with Crippen LogP contribution in [0.25, 0.3) is 10.9 Å². The minimum atomic E-state index is 0.0213. The molecule has 0 bridgehead atoms. The van der Waals surface area contributed by atoms with Gasteiger partial charge < -0.3 is 15.8 Å². The van der Waals surface area contributed by atoms with E-state index < -0.39 is 0 Å². The van der Waals surface area contributed by atoms with Crippen LogP contribution in [-0.4, -0.2) is 30.6 Å². The van der Waals surface area contributed by atoms with Gasteiger partial charge in [-0.2, -0.15) is 0 Å². The van der Waals surface area contributed by atoms with Gasteiger partial charge in [-0.05, 0) is 43.4 Å². The van der Waals surface area contributed by atoms with E-state index in [0.717, 1.165) is 35.9 Å². The van der Waals surface area contributed by atoms with Gasteiger partial charge in [0.1, 0.15) is 11.3 Å². The lowest BCUT2D eigenvalue weighted by Gasteiger charge is -2.35. The number of amides is 1. The smallest absolute Gasteiger partial charge is 0.220 e. The summed E-state index contributed by atoms with van der Waals surface area (Å²) in [5.41, 5.74) is 6.86. The molecular formula is C21H29N3O2. The van der Waals surface area contributed by atoms with Crippen LogP contribution in [0.1, 0.15) is 44.9 Å². The van der Waals surface area contributed by atoms with Crippen molar-refractivity contribution in [2.75, 3.05) is 19.7 Å². The third-order valence-electron chi connectivity index (χ3n) is 5.38. The van der Waals surface area contributed by atoms with Crippen molar-refractivity contribution in [1.29, 1.82) is 0 Å². The van der Waals surface area contributed by atoms with Crippen molar-refractivity contribution in [2.45, 2.75) is 44.9 Å². The fourth-order valence-electron chi connectivity index (χ4n) is 3.83. The molecule has 0 atom stereocenters. The molecule has 0 spiro atoms. The third kappa shape index (κ3) is 4.73. The summed E-state index contributed by atoms with van der Waals surface area (Å²) in [6.07, 6.45) is 8.90. The molecule has 5 nitrogen and oxygen atoms in total. The van der Waals surface area contributed by atoms with Crippen molar-refractivity contribution in [3.05, 3.63) is 36.5 Å². The number of nitrogens with zero attached hydrogens (tertiary/aromatic N) is 1. The first-order chi connectivity index (χ1) is 12.7. The average Bonchev–Trinajstić information content (AvgIpc) is 2.68. The van der Waals surface area contributed by atoms with Crippen LogP contribution in [0.5, 0.6) is 5.75 Å². The number of hydrogen-bond donors (Lipinski definition) is 2. The number of nitrogens with two attached hydrogens (primary N) is 1. The Hall–Kier alpha value is -2.14.